The first kappa shape index (κ1) is 27.8. The lowest BCUT2D eigenvalue weighted by Gasteiger charge is -2.23. The van der Waals surface area contributed by atoms with E-state index in [-0.39, 0.29) is 23.4 Å². The number of benzene rings is 3. The maximum absolute atomic E-state index is 14.6. The van der Waals surface area contributed by atoms with Crippen LogP contribution in [0.4, 0.5) is 22.0 Å². The van der Waals surface area contributed by atoms with Crippen molar-refractivity contribution in [3.05, 3.63) is 89.5 Å². The Hall–Kier alpha value is -3.75. The van der Waals surface area contributed by atoms with Gasteiger partial charge in [0.2, 0.25) is 0 Å². The largest absolute Gasteiger partial charge is 0.573 e. The Bertz CT molecular complexity index is 1340. The molecule has 0 N–H and O–H groups in total. The maximum Gasteiger partial charge on any atom is 0.573 e. The van der Waals surface area contributed by atoms with Gasteiger partial charge in [-0.2, -0.15) is 0 Å². The SMILES string of the molecule is O=C(OCC1CCCCC1)[C@H]1CC(c2c(F)cccc2F)=N[C@H]1c1ccc(-c2ccc(OC(F)(F)F)cc2)cc1. The minimum Gasteiger partial charge on any atom is -0.465 e. The quantitative estimate of drug-likeness (QED) is 0.217. The van der Waals surface area contributed by atoms with Gasteiger partial charge < -0.3 is 9.47 Å². The smallest absolute Gasteiger partial charge is 0.465 e. The fraction of sp³-hybridized carbons (Fsp3) is 0.355. The molecule has 1 fully saturated rings. The minimum absolute atomic E-state index is 0.0361. The summed E-state index contributed by atoms with van der Waals surface area (Å²) in [6.45, 7) is 0.318. The van der Waals surface area contributed by atoms with Crippen LogP contribution in [0.1, 0.15) is 55.7 Å². The molecule has 2 aliphatic rings. The molecule has 0 amide bonds. The third-order valence-corrected chi connectivity index (χ3v) is 7.50. The van der Waals surface area contributed by atoms with E-state index in [1.54, 1.807) is 24.3 Å². The lowest BCUT2D eigenvalue weighted by molar-refractivity contribution is -0.274. The van der Waals surface area contributed by atoms with Crippen molar-refractivity contribution >= 4 is 11.7 Å². The van der Waals surface area contributed by atoms with Gasteiger partial charge >= 0.3 is 12.3 Å². The van der Waals surface area contributed by atoms with Gasteiger partial charge in [0.05, 0.1) is 24.1 Å². The van der Waals surface area contributed by atoms with E-state index in [2.05, 4.69) is 9.73 Å². The summed E-state index contributed by atoms with van der Waals surface area (Å²) in [6, 6.07) is 15.4. The third-order valence-electron chi connectivity index (χ3n) is 7.50. The fourth-order valence-corrected chi connectivity index (χ4v) is 5.47. The zero-order valence-electron chi connectivity index (χ0n) is 21.6. The Morgan fingerprint density at radius 1 is 0.850 bits per heavy atom. The van der Waals surface area contributed by atoms with E-state index in [4.69, 9.17) is 4.74 Å². The standard InChI is InChI=1S/C31H28F5NO3/c32-25-7-4-8-26(33)28(25)27-17-24(30(38)39-18-19-5-2-1-3-6-19)29(37-27)22-11-9-20(10-12-22)21-13-15-23(16-14-21)40-31(34,35)36/h4,7-16,19,24,29H,1-3,5-6,17-18H2/t24-,29-/m0/s1. The zero-order valence-corrected chi connectivity index (χ0v) is 21.6. The van der Waals surface area contributed by atoms with Crippen LogP contribution in [0.15, 0.2) is 71.7 Å². The van der Waals surface area contributed by atoms with Crippen LogP contribution in [0.2, 0.25) is 0 Å². The summed E-state index contributed by atoms with van der Waals surface area (Å²) in [5, 5.41) is 0. The number of aliphatic imine (C=N–C) groups is 1. The first-order chi connectivity index (χ1) is 19.2. The molecule has 0 bridgehead atoms. The molecule has 0 radical (unpaired) electrons. The molecule has 1 aliphatic carbocycles. The second-order valence-corrected chi connectivity index (χ2v) is 10.3. The Morgan fingerprint density at radius 2 is 1.45 bits per heavy atom. The number of hydrogen-bond acceptors (Lipinski definition) is 4. The minimum atomic E-state index is -4.77. The highest BCUT2D eigenvalue weighted by Crippen LogP contribution is 2.39. The molecule has 1 heterocycles. The highest BCUT2D eigenvalue weighted by atomic mass is 19.4. The Kier molecular flexibility index (Phi) is 8.19. The summed E-state index contributed by atoms with van der Waals surface area (Å²) < 4.78 is 76.2. The van der Waals surface area contributed by atoms with Gasteiger partial charge in [-0.05, 0) is 59.7 Å². The monoisotopic (exact) mass is 557 g/mol. The summed E-state index contributed by atoms with van der Waals surface area (Å²) in [5.41, 5.74) is 1.97. The summed E-state index contributed by atoms with van der Waals surface area (Å²) in [5.74, 6) is -2.70. The van der Waals surface area contributed by atoms with Crippen molar-refractivity contribution in [2.75, 3.05) is 6.61 Å². The predicted octanol–water partition coefficient (Wildman–Crippen LogP) is 8.20. The van der Waals surface area contributed by atoms with Crippen LogP contribution < -0.4 is 4.74 Å². The number of rotatable bonds is 7. The number of esters is 1. The lowest BCUT2D eigenvalue weighted by Crippen LogP contribution is -2.25. The van der Waals surface area contributed by atoms with Gasteiger partial charge in [0, 0.05) is 12.1 Å². The van der Waals surface area contributed by atoms with Crippen LogP contribution in [-0.4, -0.2) is 24.7 Å². The van der Waals surface area contributed by atoms with E-state index < -0.39 is 35.9 Å². The summed E-state index contributed by atoms with van der Waals surface area (Å²) >= 11 is 0. The first-order valence-corrected chi connectivity index (χ1v) is 13.3. The van der Waals surface area contributed by atoms with Crippen LogP contribution in [0.3, 0.4) is 0 Å². The van der Waals surface area contributed by atoms with Gasteiger partial charge in [0.15, 0.2) is 0 Å². The van der Waals surface area contributed by atoms with Crippen LogP contribution >= 0.6 is 0 Å². The van der Waals surface area contributed by atoms with Gasteiger partial charge in [-0.25, -0.2) is 8.78 Å². The van der Waals surface area contributed by atoms with Gasteiger partial charge in [-0.3, -0.25) is 9.79 Å². The van der Waals surface area contributed by atoms with Crippen molar-refractivity contribution in [1.29, 1.82) is 0 Å². The summed E-state index contributed by atoms with van der Waals surface area (Å²) in [4.78, 5) is 17.9. The normalized spacial score (nSPS) is 19.8. The van der Waals surface area contributed by atoms with Crippen molar-refractivity contribution in [2.24, 2.45) is 16.8 Å². The number of nitrogens with zero attached hydrogens (tertiary/aromatic N) is 1. The van der Waals surface area contributed by atoms with Crippen LogP contribution in [0.5, 0.6) is 5.75 Å². The van der Waals surface area contributed by atoms with Gasteiger partial charge in [0.1, 0.15) is 17.4 Å². The molecule has 1 aliphatic heterocycles. The molecule has 9 heteroatoms. The number of carbonyl (C=O) groups excluding carboxylic acids is 1. The van der Waals surface area contributed by atoms with E-state index >= 15 is 0 Å². The molecule has 0 saturated heterocycles. The summed E-state index contributed by atoms with van der Waals surface area (Å²) in [6.07, 6.45) is 0.680. The van der Waals surface area contributed by atoms with E-state index in [0.717, 1.165) is 43.4 Å². The number of alkyl halides is 3. The van der Waals surface area contributed by atoms with Crippen molar-refractivity contribution in [3.63, 3.8) is 0 Å². The number of carbonyl (C=O) groups is 1. The molecule has 2 atom stereocenters. The molecule has 210 valence electrons. The molecule has 0 unspecified atom stereocenters. The highest BCUT2D eigenvalue weighted by molar-refractivity contribution is 6.04. The van der Waals surface area contributed by atoms with Crippen LogP contribution in [0.25, 0.3) is 11.1 Å². The van der Waals surface area contributed by atoms with E-state index in [9.17, 15) is 26.7 Å². The van der Waals surface area contributed by atoms with Crippen LogP contribution in [-0.2, 0) is 9.53 Å². The fourth-order valence-electron chi connectivity index (χ4n) is 5.47. The average Bonchev–Trinajstić information content (AvgIpc) is 3.37. The second kappa shape index (κ2) is 11.8. The molecule has 0 aromatic heterocycles. The van der Waals surface area contributed by atoms with Gasteiger partial charge in [-0.1, -0.05) is 61.7 Å². The third kappa shape index (κ3) is 6.51. The molecule has 40 heavy (non-hydrogen) atoms. The average molecular weight is 558 g/mol. The Morgan fingerprint density at radius 3 is 2.05 bits per heavy atom. The predicted molar refractivity (Wildman–Crippen MR) is 140 cm³/mol. The molecular formula is C31H28F5NO3. The molecule has 3 aromatic carbocycles. The topological polar surface area (TPSA) is 47.9 Å². The Balaban J connectivity index is 1.38. The molecule has 4 nitrogen and oxygen atoms in total. The lowest BCUT2D eigenvalue weighted by atomic mass is 9.89. The number of halogens is 5. The highest BCUT2D eigenvalue weighted by Gasteiger charge is 2.39. The molecule has 1 saturated carbocycles. The van der Waals surface area contributed by atoms with Gasteiger partial charge in [0.25, 0.3) is 0 Å². The van der Waals surface area contributed by atoms with Crippen molar-refractivity contribution in [3.8, 4) is 16.9 Å². The van der Waals surface area contributed by atoms with E-state index in [1.165, 1.54) is 36.8 Å². The van der Waals surface area contributed by atoms with Crippen molar-refractivity contribution < 1.29 is 36.2 Å². The number of ether oxygens (including phenoxy) is 2. The zero-order chi connectivity index (χ0) is 28.3. The second-order valence-electron chi connectivity index (χ2n) is 10.3. The maximum atomic E-state index is 14.6. The molecular weight excluding hydrogens is 529 g/mol. The van der Waals surface area contributed by atoms with Crippen LogP contribution in [0, 0.1) is 23.5 Å². The van der Waals surface area contributed by atoms with Crippen molar-refractivity contribution in [2.45, 2.75) is 50.9 Å². The molecule has 0 spiro atoms. The van der Waals surface area contributed by atoms with Gasteiger partial charge in [-0.15, -0.1) is 13.2 Å². The van der Waals surface area contributed by atoms with E-state index in [0.29, 0.717) is 23.7 Å². The Labute approximate surface area is 228 Å². The first-order valence-electron chi connectivity index (χ1n) is 13.3. The molecule has 3 aromatic rings. The summed E-state index contributed by atoms with van der Waals surface area (Å²) in [7, 11) is 0. The van der Waals surface area contributed by atoms with E-state index in [1.807, 2.05) is 0 Å². The number of hydrogen-bond donors (Lipinski definition) is 0. The molecule has 5 rings (SSSR count). The van der Waals surface area contributed by atoms with Crippen molar-refractivity contribution in [1.82, 2.24) is 0 Å².